The lowest BCUT2D eigenvalue weighted by atomic mass is 10.2. The van der Waals surface area contributed by atoms with Crippen molar-refractivity contribution in [2.75, 3.05) is 18.4 Å². The molecule has 2 aromatic rings. The van der Waals surface area contributed by atoms with Gasteiger partial charge in [0, 0.05) is 28.8 Å². The van der Waals surface area contributed by atoms with E-state index in [1.807, 2.05) is 26.0 Å². The van der Waals surface area contributed by atoms with E-state index in [1.54, 1.807) is 12.1 Å². The smallest absolute Gasteiger partial charge is 0.255 e. The van der Waals surface area contributed by atoms with Gasteiger partial charge in [0.05, 0.1) is 17.1 Å². The number of halogens is 1. The van der Waals surface area contributed by atoms with Gasteiger partial charge in [-0.05, 0) is 62.4 Å². The summed E-state index contributed by atoms with van der Waals surface area (Å²) in [5, 5.41) is 2.78. The highest BCUT2D eigenvalue weighted by Gasteiger charge is 2.32. The van der Waals surface area contributed by atoms with Crippen LogP contribution in [0.1, 0.15) is 24.2 Å². The van der Waals surface area contributed by atoms with Gasteiger partial charge in [0.1, 0.15) is 0 Å². The van der Waals surface area contributed by atoms with E-state index in [1.165, 1.54) is 28.6 Å². The largest absolute Gasteiger partial charge is 0.373 e. The van der Waals surface area contributed by atoms with Crippen molar-refractivity contribution < 1.29 is 17.9 Å². The van der Waals surface area contributed by atoms with Crippen molar-refractivity contribution >= 4 is 37.5 Å². The summed E-state index contributed by atoms with van der Waals surface area (Å²) in [6.45, 7) is 4.35. The van der Waals surface area contributed by atoms with Crippen molar-refractivity contribution in [3.63, 3.8) is 0 Å². The topological polar surface area (TPSA) is 75.7 Å². The van der Waals surface area contributed by atoms with Crippen LogP contribution in [0.2, 0.25) is 0 Å². The van der Waals surface area contributed by atoms with Crippen molar-refractivity contribution in [3.05, 3.63) is 58.6 Å². The van der Waals surface area contributed by atoms with Crippen molar-refractivity contribution in [3.8, 4) is 0 Å². The lowest BCUT2D eigenvalue weighted by Crippen LogP contribution is -2.48. The number of nitrogens with zero attached hydrogens (tertiary/aromatic N) is 1. The van der Waals surface area contributed by atoms with Crippen LogP contribution in [0.25, 0.3) is 0 Å². The van der Waals surface area contributed by atoms with Gasteiger partial charge in [-0.3, -0.25) is 4.79 Å². The molecule has 27 heavy (non-hydrogen) atoms. The summed E-state index contributed by atoms with van der Waals surface area (Å²) in [5.41, 5.74) is 1.05. The quantitative estimate of drug-likeness (QED) is 0.769. The second-order valence-corrected chi connectivity index (χ2v) is 9.42. The zero-order chi connectivity index (χ0) is 19.6. The molecule has 0 aromatic heterocycles. The second-order valence-electron chi connectivity index (χ2n) is 6.56. The van der Waals surface area contributed by atoms with E-state index in [0.29, 0.717) is 24.3 Å². The van der Waals surface area contributed by atoms with E-state index >= 15 is 0 Å². The van der Waals surface area contributed by atoms with Gasteiger partial charge >= 0.3 is 0 Å². The summed E-state index contributed by atoms with van der Waals surface area (Å²) in [6, 6.07) is 13.2. The highest BCUT2D eigenvalue weighted by atomic mass is 79.9. The molecule has 6 nitrogen and oxygen atoms in total. The minimum absolute atomic E-state index is 0.153. The molecule has 0 unspecified atom stereocenters. The van der Waals surface area contributed by atoms with Gasteiger partial charge in [0.2, 0.25) is 10.0 Å². The van der Waals surface area contributed by atoms with Crippen LogP contribution in [0.4, 0.5) is 5.69 Å². The first kappa shape index (κ1) is 20.0. The molecule has 1 aliphatic rings. The first-order chi connectivity index (χ1) is 12.8. The molecule has 1 fully saturated rings. The Morgan fingerprint density at radius 3 is 2.15 bits per heavy atom. The van der Waals surface area contributed by atoms with Crippen molar-refractivity contribution in [1.82, 2.24) is 4.31 Å². The lowest BCUT2D eigenvalue weighted by molar-refractivity contribution is -0.0440. The van der Waals surface area contributed by atoms with Crippen molar-refractivity contribution in [1.29, 1.82) is 0 Å². The Bertz CT molecular complexity index is 904. The Hall–Kier alpha value is -1.74. The van der Waals surface area contributed by atoms with Crippen molar-refractivity contribution in [2.45, 2.75) is 31.0 Å². The van der Waals surface area contributed by atoms with Gasteiger partial charge in [0.25, 0.3) is 5.91 Å². The Morgan fingerprint density at radius 1 is 1.04 bits per heavy atom. The molecule has 0 aliphatic carbocycles. The van der Waals surface area contributed by atoms with E-state index in [-0.39, 0.29) is 23.0 Å². The highest BCUT2D eigenvalue weighted by Crippen LogP contribution is 2.22. The summed E-state index contributed by atoms with van der Waals surface area (Å²) in [7, 11) is -3.62. The number of amides is 1. The SMILES string of the molecule is C[C@@H]1CN(S(=O)(=O)c2ccc(C(=O)Nc3ccc(Br)cc3)cc2)C[C@@H](C)O1. The predicted molar refractivity (Wildman–Crippen MR) is 107 cm³/mol. The Balaban J connectivity index is 1.74. The number of hydrogen-bond donors (Lipinski definition) is 1. The normalized spacial score (nSPS) is 21.0. The second kappa shape index (κ2) is 8.10. The highest BCUT2D eigenvalue weighted by molar-refractivity contribution is 9.10. The predicted octanol–water partition coefficient (Wildman–Crippen LogP) is 3.50. The number of morpholine rings is 1. The molecular weight excluding hydrogens is 432 g/mol. The molecule has 0 spiro atoms. The van der Waals surface area contributed by atoms with Crippen LogP contribution in [-0.2, 0) is 14.8 Å². The van der Waals surface area contributed by atoms with Gasteiger partial charge in [-0.15, -0.1) is 0 Å². The fraction of sp³-hybridized carbons (Fsp3) is 0.316. The molecule has 1 heterocycles. The van der Waals surface area contributed by atoms with Gasteiger partial charge in [-0.2, -0.15) is 4.31 Å². The molecule has 1 aliphatic heterocycles. The minimum atomic E-state index is -3.62. The number of anilines is 1. The van der Waals surface area contributed by atoms with E-state index in [9.17, 15) is 13.2 Å². The molecule has 2 aromatic carbocycles. The maximum atomic E-state index is 12.8. The van der Waals surface area contributed by atoms with Gasteiger partial charge in [-0.25, -0.2) is 8.42 Å². The maximum Gasteiger partial charge on any atom is 0.255 e. The monoisotopic (exact) mass is 452 g/mol. The van der Waals surface area contributed by atoms with Crippen LogP contribution in [0, 0.1) is 0 Å². The summed E-state index contributed by atoms with van der Waals surface area (Å²) < 4.78 is 33.6. The Labute approximate surface area is 167 Å². The summed E-state index contributed by atoms with van der Waals surface area (Å²) in [6.07, 6.45) is -0.307. The van der Waals surface area contributed by atoms with Gasteiger partial charge in [0.15, 0.2) is 0 Å². The van der Waals surface area contributed by atoms with Gasteiger partial charge < -0.3 is 10.1 Å². The number of sulfonamides is 1. The molecule has 144 valence electrons. The molecule has 1 saturated heterocycles. The number of carbonyl (C=O) groups is 1. The molecule has 1 N–H and O–H groups in total. The van der Waals surface area contributed by atoms with Crippen molar-refractivity contribution in [2.24, 2.45) is 0 Å². The number of benzene rings is 2. The van der Waals surface area contributed by atoms with Crippen LogP contribution in [0.5, 0.6) is 0 Å². The minimum Gasteiger partial charge on any atom is -0.373 e. The number of nitrogens with one attached hydrogen (secondary N) is 1. The third-order valence-electron chi connectivity index (χ3n) is 4.24. The fourth-order valence-electron chi connectivity index (χ4n) is 2.99. The molecule has 8 heteroatoms. The lowest BCUT2D eigenvalue weighted by Gasteiger charge is -2.34. The van der Waals surface area contributed by atoms with E-state index in [4.69, 9.17) is 4.74 Å². The number of rotatable bonds is 4. The molecule has 2 atom stereocenters. The number of hydrogen-bond acceptors (Lipinski definition) is 4. The van der Waals surface area contributed by atoms with E-state index < -0.39 is 10.0 Å². The third-order valence-corrected chi connectivity index (χ3v) is 6.62. The summed E-state index contributed by atoms with van der Waals surface area (Å²) in [4.78, 5) is 12.5. The maximum absolute atomic E-state index is 12.8. The van der Waals surface area contributed by atoms with Crippen LogP contribution < -0.4 is 5.32 Å². The fourth-order valence-corrected chi connectivity index (χ4v) is 4.85. The average Bonchev–Trinajstić information content (AvgIpc) is 2.63. The van der Waals surface area contributed by atoms with Crippen LogP contribution >= 0.6 is 15.9 Å². The van der Waals surface area contributed by atoms with E-state index in [2.05, 4.69) is 21.2 Å². The Kier molecular flexibility index (Phi) is 6.00. The van der Waals surface area contributed by atoms with Crippen LogP contribution in [0.3, 0.4) is 0 Å². The van der Waals surface area contributed by atoms with Crippen LogP contribution in [0.15, 0.2) is 57.9 Å². The average molecular weight is 453 g/mol. The molecular formula is C19H21BrN2O4S. The molecule has 3 rings (SSSR count). The first-order valence-corrected chi connectivity index (χ1v) is 10.8. The van der Waals surface area contributed by atoms with E-state index in [0.717, 1.165) is 4.47 Å². The first-order valence-electron chi connectivity index (χ1n) is 8.58. The zero-order valence-electron chi connectivity index (χ0n) is 15.1. The third kappa shape index (κ3) is 4.76. The molecule has 0 saturated carbocycles. The summed E-state index contributed by atoms with van der Waals surface area (Å²) >= 11 is 3.34. The number of carbonyl (C=O) groups excluding carboxylic acids is 1. The standard InChI is InChI=1S/C19H21BrN2O4S/c1-13-11-22(12-14(2)26-13)27(24,25)18-9-3-15(4-10-18)19(23)21-17-7-5-16(20)6-8-17/h3-10,13-14H,11-12H2,1-2H3,(H,21,23)/t13-,14-/m1/s1. The Morgan fingerprint density at radius 2 is 1.59 bits per heavy atom. The summed E-state index contributed by atoms with van der Waals surface area (Å²) in [5.74, 6) is -0.296. The van der Waals surface area contributed by atoms with Gasteiger partial charge in [-0.1, -0.05) is 15.9 Å². The molecule has 0 bridgehead atoms. The molecule has 0 radical (unpaired) electrons. The molecule has 1 amide bonds. The zero-order valence-corrected chi connectivity index (χ0v) is 17.5. The number of ether oxygens (including phenoxy) is 1. The van der Waals surface area contributed by atoms with Crippen LogP contribution in [-0.4, -0.2) is 43.9 Å².